The van der Waals surface area contributed by atoms with E-state index in [4.69, 9.17) is 4.74 Å². The average Bonchev–Trinajstić information content (AvgIpc) is 2.44. The Bertz CT molecular complexity index is 294. The second-order valence-electron chi connectivity index (χ2n) is 6.82. The van der Waals surface area contributed by atoms with Crippen LogP contribution in [-0.4, -0.2) is 59.0 Å². The first kappa shape index (κ1) is 17.3. The Balaban J connectivity index is 2.74. The Labute approximate surface area is 123 Å². The van der Waals surface area contributed by atoms with Crippen molar-refractivity contribution in [3.63, 3.8) is 0 Å². The molecule has 1 N–H and O–H groups in total. The molecule has 114 valence electrons. The molecule has 3 atom stereocenters. The molecule has 0 aromatic heterocycles. The smallest absolute Gasteiger partial charge is 0.0896 e. The van der Waals surface area contributed by atoms with Gasteiger partial charge in [-0.15, -0.1) is 0 Å². The number of rotatable bonds is 6. The lowest BCUT2D eigenvalue weighted by Gasteiger charge is -2.34. The van der Waals surface area contributed by atoms with Crippen LogP contribution in [0.5, 0.6) is 0 Å². The minimum absolute atomic E-state index is 0.156. The molecule has 1 saturated heterocycles. The quantitative estimate of drug-likeness (QED) is 0.815. The summed E-state index contributed by atoms with van der Waals surface area (Å²) < 4.78 is 6.05. The molecule has 0 radical (unpaired) electrons. The van der Waals surface area contributed by atoms with Crippen LogP contribution >= 0.6 is 11.8 Å². The van der Waals surface area contributed by atoms with Crippen LogP contribution in [0.3, 0.4) is 0 Å². The molecule has 3 nitrogen and oxygen atoms in total. The third-order valence-electron chi connectivity index (χ3n) is 4.45. The summed E-state index contributed by atoms with van der Waals surface area (Å²) in [6.07, 6.45) is 2.89. The van der Waals surface area contributed by atoms with Crippen molar-refractivity contribution in [2.45, 2.75) is 64.4 Å². The van der Waals surface area contributed by atoms with Crippen LogP contribution in [0.25, 0.3) is 0 Å². The Kier molecular flexibility index (Phi) is 5.76. The average molecular weight is 289 g/mol. The van der Waals surface area contributed by atoms with Crippen molar-refractivity contribution in [2.75, 3.05) is 25.6 Å². The van der Waals surface area contributed by atoms with E-state index < -0.39 is 11.7 Å². The molecule has 0 aliphatic carbocycles. The van der Waals surface area contributed by atoms with Gasteiger partial charge in [0, 0.05) is 24.3 Å². The lowest BCUT2D eigenvalue weighted by atomic mass is 9.84. The number of hydrogen-bond donors (Lipinski definition) is 1. The minimum atomic E-state index is -0.448. The predicted octanol–water partition coefficient (Wildman–Crippen LogP) is 2.62. The van der Waals surface area contributed by atoms with Crippen molar-refractivity contribution < 1.29 is 9.84 Å². The summed E-state index contributed by atoms with van der Waals surface area (Å²) in [6.45, 7) is 11.3. The number of aliphatic hydroxyl groups is 1. The van der Waals surface area contributed by atoms with E-state index in [2.05, 4.69) is 39.0 Å². The Morgan fingerprint density at radius 3 is 2.21 bits per heavy atom. The molecule has 19 heavy (non-hydrogen) atoms. The van der Waals surface area contributed by atoms with Crippen LogP contribution < -0.4 is 0 Å². The van der Waals surface area contributed by atoms with E-state index in [-0.39, 0.29) is 11.5 Å². The van der Waals surface area contributed by atoms with Crippen LogP contribution in [0.2, 0.25) is 0 Å². The molecular formula is C15H31NO2S. The van der Waals surface area contributed by atoms with Crippen molar-refractivity contribution in [2.24, 2.45) is 5.92 Å². The molecule has 0 amide bonds. The van der Waals surface area contributed by atoms with Crippen LogP contribution in [0, 0.1) is 5.92 Å². The maximum absolute atomic E-state index is 10.5. The highest BCUT2D eigenvalue weighted by Gasteiger charge is 2.53. The molecule has 0 aromatic rings. The van der Waals surface area contributed by atoms with E-state index in [0.717, 1.165) is 18.7 Å². The van der Waals surface area contributed by atoms with Crippen LogP contribution in [0.1, 0.15) is 41.0 Å². The number of hydrogen-bond acceptors (Lipinski definition) is 4. The van der Waals surface area contributed by atoms with Gasteiger partial charge in [0.2, 0.25) is 0 Å². The topological polar surface area (TPSA) is 32.7 Å². The summed E-state index contributed by atoms with van der Waals surface area (Å²) in [5.74, 6) is 1.30. The zero-order valence-corrected chi connectivity index (χ0v) is 14.4. The van der Waals surface area contributed by atoms with E-state index >= 15 is 0 Å². The van der Waals surface area contributed by atoms with Crippen molar-refractivity contribution in [3.8, 4) is 0 Å². The molecule has 4 heteroatoms. The molecule has 1 aliphatic heterocycles. The number of aliphatic hydroxyl groups excluding tert-OH is 1. The van der Waals surface area contributed by atoms with Crippen LogP contribution in [0.4, 0.5) is 0 Å². The largest absolute Gasteiger partial charge is 0.390 e. The van der Waals surface area contributed by atoms with Crippen molar-refractivity contribution >= 4 is 11.8 Å². The van der Waals surface area contributed by atoms with Gasteiger partial charge in [0.15, 0.2) is 0 Å². The number of nitrogens with zero attached hydrogens (tertiary/aromatic N) is 1. The SMILES string of the molecule is CCC(CSC)N(C)CC1C(O)C(C)(C)OC1(C)C. The fraction of sp³-hybridized carbons (Fsp3) is 1.00. The molecule has 1 rings (SSSR count). The van der Waals surface area contributed by atoms with Crippen molar-refractivity contribution in [1.82, 2.24) is 4.90 Å². The summed E-state index contributed by atoms with van der Waals surface area (Å²) in [6, 6.07) is 0.571. The van der Waals surface area contributed by atoms with Crippen LogP contribution in [0.15, 0.2) is 0 Å². The summed E-state index contributed by atoms with van der Waals surface area (Å²) in [4.78, 5) is 2.39. The standard InChI is InChI=1S/C15H31NO2S/c1-8-11(10-19-7)16(6)9-12-13(17)15(4,5)18-14(12,2)3/h11-13,17H,8-10H2,1-7H3. The predicted molar refractivity (Wildman–Crippen MR) is 83.8 cm³/mol. The first-order chi connectivity index (χ1) is 8.65. The van der Waals surface area contributed by atoms with Gasteiger partial charge in [0.25, 0.3) is 0 Å². The highest BCUT2D eigenvalue weighted by molar-refractivity contribution is 7.98. The fourth-order valence-electron chi connectivity index (χ4n) is 3.21. The first-order valence-corrected chi connectivity index (χ1v) is 8.62. The number of thioether (sulfide) groups is 1. The van der Waals surface area contributed by atoms with E-state index in [1.165, 1.54) is 0 Å². The van der Waals surface area contributed by atoms with Crippen molar-refractivity contribution in [3.05, 3.63) is 0 Å². The molecule has 1 fully saturated rings. The molecular weight excluding hydrogens is 258 g/mol. The molecule has 3 unspecified atom stereocenters. The second kappa shape index (κ2) is 6.33. The third kappa shape index (κ3) is 3.87. The van der Waals surface area contributed by atoms with Gasteiger partial charge in [-0.05, 0) is 47.4 Å². The Morgan fingerprint density at radius 1 is 1.26 bits per heavy atom. The van der Waals surface area contributed by atoms with Gasteiger partial charge in [-0.1, -0.05) is 6.92 Å². The van der Waals surface area contributed by atoms with E-state index in [9.17, 15) is 5.11 Å². The summed E-state index contributed by atoms with van der Waals surface area (Å²) in [7, 11) is 2.17. The van der Waals surface area contributed by atoms with Gasteiger partial charge >= 0.3 is 0 Å². The van der Waals surface area contributed by atoms with E-state index in [1.807, 2.05) is 25.6 Å². The van der Waals surface area contributed by atoms with E-state index in [1.54, 1.807) is 0 Å². The molecule has 0 bridgehead atoms. The lowest BCUT2D eigenvalue weighted by Crippen LogP contribution is -2.45. The third-order valence-corrected chi connectivity index (χ3v) is 5.17. The Morgan fingerprint density at radius 2 is 1.84 bits per heavy atom. The lowest BCUT2D eigenvalue weighted by molar-refractivity contribution is -0.0913. The van der Waals surface area contributed by atoms with Gasteiger partial charge in [0.1, 0.15) is 0 Å². The van der Waals surface area contributed by atoms with Gasteiger partial charge in [-0.3, -0.25) is 0 Å². The van der Waals surface area contributed by atoms with Crippen molar-refractivity contribution in [1.29, 1.82) is 0 Å². The van der Waals surface area contributed by atoms with Gasteiger partial charge in [0.05, 0.1) is 17.3 Å². The van der Waals surface area contributed by atoms with Gasteiger partial charge in [-0.2, -0.15) is 11.8 Å². The highest BCUT2D eigenvalue weighted by atomic mass is 32.2. The molecule has 0 spiro atoms. The van der Waals surface area contributed by atoms with Gasteiger partial charge in [-0.25, -0.2) is 0 Å². The second-order valence-corrected chi connectivity index (χ2v) is 7.73. The zero-order valence-electron chi connectivity index (χ0n) is 13.6. The highest BCUT2D eigenvalue weighted by Crippen LogP contribution is 2.42. The summed E-state index contributed by atoms with van der Waals surface area (Å²) in [5, 5.41) is 10.5. The maximum Gasteiger partial charge on any atom is 0.0896 e. The molecule has 0 aromatic carbocycles. The molecule has 1 heterocycles. The summed E-state index contributed by atoms with van der Waals surface area (Å²) in [5.41, 5.74) is -0.717. The zero-order chi connectivity index (χ0) is 14.8. The fourth-order valence-corrected chi connectivity index (χ4v) is 4.08. The summed E-state index contributed by atoms with van der Waals surface area (Å²) >= 11 is 1.89. The Hall–Kier alpha value is 0.230. The maximum atomic E-state index is 10.5. The van der Waals surface area contributed by atoms with E-state index in [0.29, 0.717) is 6.04 Å². The minimum Gasteiger partial charge on any atom is -0.390 e. The van der Waals surface area contributed by atoms with Gasteiger partial charge < -0.3 is 14.7 Å². The molecule has 1 aliphatic rings. The normalized spacial score (nSPS) is 30.8. The molecule has 0 saturated carbocycles. The number of ether oxygens (including phenoxy) is 1. The monoisotopic (exact) mass is 289 g/mol. The first-order valence-electron chi connectivity index (χ1n) is 7.23. The van der Waals surface area contributed by atoms with Crippen LogP contribution in [-0.2, 0) is 4.74 Å².